The summed E-state index contributed by atoms with van der Waals surface area (Å²) < 4.78 is 5.51. The minimum atomic E-state index is -1.06. The molecule has 0 radical (unpaired) electrons. The van der Waals surface area contributed by atoms with E-state index in [2.05, 4.69) is 10.3 Å². The third-order valence-corrected chi connectivity index (χ3v) is 5.36. The molecular formula is C20H21ClN2O4. The Morgan fingerprint density at radius 3 is 2.56 bits per heavy atom. The molecule has 0 saturated carbocycles. The Bertz CT molecular complexity index is 863. The minimum absolute atomic E-state index is 0.0866. The SMILES string of the molecule is Cc1nc(C(=O)NCC2(c3ccccc3Cl)CCOCC2)ccc1C(=O)O. The van der Waals surface area contributed by atoms with Crippen LogP contribution in [0.1, 0.15) is 44.9 Å². The summed E-state index contributed by atoms with van der Waals surface area (Å²) in [5.74, 6) is -1.40. The van der Waals surface area contributed by atoms with Gasteiger partial charge in [-0.2, -0.15) is 0 Å². The van der Waals surface area contributed by atoms with E-state index in [0.29, 0.717) is 30.5 Å². The number of rotatable bonds is 5. The van der Waals surface area contributed by atoms with E-state index >= 15 is 0 Å². The van der Waals surface area contributed by atoms with Crippen LogP contribution in [0.5, 0.6) is 0 Å². The summed E-state index contributed by atoms with van der Waals surface area (Å²) in [6.07, 6.45) is 1.50. The zero-order valence-electron chi connectivity index (χ0n) is 15.0. The molecule has 2 heterocycles. The first-order valence-electron chi connectivity index (χ1n) is 8.75. The van der Waals surface area contributed by atoms with Gasteiger partial charge in [0.1, 0.15) is 5.69 Å². The van der Waals surface area contributed by atoms with Crippen LogP contribution in [-0.2, 0) is 10.2 Å². The molecular weight excluding hydrogens is 368 g/mol. The fourth-order valence-corrected chi connectivity index (χ4v) is 3.78. The van der Waals surface area contributed by atoms with Gasteiger partial charge < -0.3 is 15.2 Å². The summed E-state index contributed by atoms with van der Waals surface area (Å²) in [6, 6.07) is 10.5. The van der Waals surface area contributed by atoms with Crippen LogP contribution >= 0.6 is 11.6 Å². The number of carboxylic acids is 1. The number of carboxylic acid groups (broad SMARTS) is 1. The van der Waals surface area contributed by atoms with Gasteiger partial charge in [0, 0.05) is 30.2 Å². The predicted molar refractivity (Wildman–Crippen MR) is 101 cm³/mol. The molecule has 2 N–H and O–H groups in total. The molecule has 0 aliphatic carbocycles. The van der Waals surface area contributed by atoms with Crippen LogP contribution in [0.25, 0.3) is 0 Å². The molecule has 1 amide bonds. The monoisotopic (exact) mass is 388 g/mol. The van der Waals surface area contributed by atoms with Gasteiger partial charge in [-0.05, 0) is 43.5 Å². The van der Waals surface area contributed by atoms with Crippen molar-refractivity contribution in [3.05, 3.63) is 63.9 Å². The smallest absolute Gasteiger partial charge is 0.337 e. The normalized spacial score (nSPS) is 15.9. The third-order valence-electron chi connectivity index (χ3n) is 5.03. The quantitative estimate of drug-likeness (QED) is 0.821. The molecule has 6 nitrogen and oxygen atoms in total. The Labute approximate surface area is 162 Å². The van der Waals surface area contributed by atoms with E-state index in [0.717, 1.165) is 18.4 Å². The van der Waals surface area contributed by atoms with Crippen molar-refractivity contribution < 1.29 is 19.4 Å². The maximum absolute atomic E-state index is 12.6. The van der Waals surface area contributed by atoms with Gasteiger partial charge in [-0.15, -0.1) is 0 Å². The Hall–Kier alpha value is -2.44. The summed E-state index contributed by atoms with van der Waals surface area (Å²) in [4.78, 5) is 27.8. The second-order valence-electron chi connectivity index (χ2n) is 6.69. The molecule has 1 aliphatic rings. The van der Waals surface area contributed by atoms with Gasteiger partial charge in [0.25, 0.3) is 5.91 Å². The fourth-order valence-electron chi connectivity index (χ4n) is 3.45. The number of carbonyl (C=O) groups is 2. The summed E-state index contributed by atoms with van der Waals surface area (Å²) >= 11 is 6.43. The summed E-state index contributed by atoms with van der Waals surface area (Å²) in [5.41, 5.74) is 1.28. The predicted octanol–water partition coefficient (Wildman–Crippen LogP) is 3.22. The highest BCUT2D eigenvalue weighted by Crippen LogP contribution is 2.38. The number of nitrogens with zero attached hydrogens (tertiary/aromatic N) is 1. The van der Waals surface area contributed by atoms with Crippen LogP contribution in [-0.4, -0.2) is 41.7 Å². The average molecular weight is 389 g/mol. The molecule has 0 unspecified atom stereocenters. The third kappa shape index (κ3) is 4.12. The first-order valence-corrected chi connectivity index (χ1v) is 9.13. The molecule has 0 spiro atoms. The summed E-state index contributed by atoms with van der Waals surface area (Å²) in [7, 11) is 0. The number of benzene rings is 1. The number of aromatic carboxylic acids is 1. The Balaban J connectivity index is 1.80. The molecule has 2 aromatic rings. The first kappa shape index (κ1) is 19.3. The number of pyridine rings is 1. The molecule has 1 aromatic carbocycles. The average Bonchev–Trinajstić information content (AvgIpc) is 2.67. The molecule has 3 rings (SSSR count). The number of amides is 1. The Morgan fingerprint density at radius 2 is 1.93 bits per heavy atom. The number of halogens is 1. The molecule has 1 saturated heterocycles. The van der Waals surface area contributed by atoms with Crippen molar-refractivity contribution >= 4 is 23.5 Å². The molecule has 1 fully saturated rings. The number of nitrogens with one attached hydrogen (secondary N) is 1. The zero-order valence-corrected chi connectivity index (χ0v) is 15.8. The standard InChI is InChI=1S/C20H21ClN2O4/c1-13-14(19(25)26)6-7-17(23-13)18(24)22-12-20(8-10-27-11-9-20)15-4-2-3-5-16(15)21/h2-7H,8-12H2,1H3,(H,22,24)(H,25,26). The van der Waals surface area contributed by atoms with Gasteiger partial charge >= 0.3 is 5.97 Å². The molecule has 1 aliphatic heterocycles. The molecule has 1 aromatic heterocycles. The van der Waals surface area contributed by atoms with Crippen LogP contribution < -0.4 is 5.32 Å². The minimum Gasteiger partial charge on any atom is -0.478 e. The highest BCUT2D eigenvalue weighted by atomic mass is 35.5. The van der Waals surface area contributed by atoms with Gasteiger partial charge in [-0.25, -0.2) is 9.78 Å². The molecule has 0 atom stereocenters. The van der Waals surface area contributed by atoms with Crippen molar-refractivity contribution in [1.82, 2.24) is 10.3 Å². The second-order valence-corrected chi connectivity index (χ2v) is 7.10. The summed E-state index contributed by atoms with van der Waals surface area (Å²) in [5, 5.41) is 12.7. The largest absolute Gasteiger partial charge is 0.478 e. The summed E-state index contributed by atoms with van der Waals surface area (Å²) in [6.45, 7) is 3.18. The number of ether oxygens (including phenoxy) is 1. The number of aryl methyl sites for hydroxylation is 1. The van der Waals surface area contributed by atoms with Gasteiger partial charge in [0.2, 0.25) is 0 Å². The van der Waals surface area contributed by atoms with Crippen LogP contribution in [0.4, 0.5) is 0 Å². The van der Waals surface area contributed by atoms with Gasteiger partial charge in [-0.3, -0.25) is 4.79 Å². The van der Waals surface area contributed by atoms with E-state index in [1.54, 1.807) is 6.92 Å². The topological polar surface area (TPSA) is 88.5 Å². The van der Waals surface area contributed by atoms with Gasteiger partial charge in [0.05, 0.1) is 11.3 Å². The van der Waals surface area contributed by atoms with Gasteiger partial charge in [-0.1, -0.05) is 29.8 Å². The van der Waals surface area contributed by atoms with Crippen molar-refractivity contribution in [1.29, 1.82) is 0 Å². The van der Waals surface area contributed by atoms with E-state index in [1.807, 2.05) is 24.3 Å². The number of carbonyl (C=O) groups excluding carboxylic acids is 1. The van der Waals surface area contributed by atoms with E-state index in [4.69, 9.17) is 21.4 Å². The van der Waals surface area contributed by atoms with E-state index in [-0.39, 0.29) is 22.6 Å². The van der Waals surface area contributed by atoms with E-state index < -0.39 is 5.97 Å². The lowest BCUT2D eigenvalue weighted by atomic mass is 9.74. The van der Waals surface area contributed by atoms with Crippen molar-refractivity contribution in [3.63, 3.8) is 0 Å². The maximum atomic E-state index is 12.6. The van der Waals surface area contributed by atoms with Crippen LogP contribution in [0.15, 0.2) is 36.4 Å². The number of hydrogen-bond donors (Lipinski definition) is 2. The van der Waals surface area contributed by atoms with E-state index in [1.165, 1.54) is 12.1 Å². The van der Waals surface area contributed by atoms with Crippen molar-refractivity contribution in [3.8, 4) is 0 Å². The lowest BCUT2D eigenvalue weighted by Crippen LogP contribution is -2.45. The van der Waals surface area contributed by atoms with Crippen molar-refractivity contribution in [2.75, 3.05) is 19.8 Å². The van der Waals surface area contributed by atoms with Gasteiger partial charge in [0.15, 0.2) is 0 Å². The van der Waals surface area contributed by atoms with Crippen molar-refractivity contribution in [2.45, 2.75) is 25.2 Å². The number of aromatic nitrogens is 1. The second kappa shape index (κ2) is 8.06. The molecule has 142 valence electrons. The van der Waals surface area contributed by atoms with Crippen LogP contribution in [0.2, 0.25) is 5.02 Å². The number of hydrogen-bond acceptors (Lipinski definition) is 4. The van der Waals surface area contributed by atoms with Crippen LogP contribution in [0.3, 0.4) is 0 Å². The zero-order chi connectivity index (χ0) is 19.4. The Morgan fingerprint density at radius 1 is 1.22 bits per heavy atom. The van der Waals surface area contributed by atoms with Crippen molar-refractivity contribution in [2.24, 2.45) is 0 Å². The van der Waals surface area contributed by atoms with E-state index in [9.17, 15) is 9.59 Å². The highest BCUT2D eigenvalue weighted by molar-refractivity contribution is 6.31. The fraction of sp³-hybridized carbons (Fsp3) is 0.350. The molecule has 27 heavy (non-hydrogen) atoms. The maximum Gasteiger partial charge on any atom is 0.337 e. The lowest BCUT2D eigenvalue weighted by molar-refractivity contribution is 0.0487. The Kier molecular flexibility index (Phi) is 5.77. The lowest BCUT2D eigenvalue weighted by Gasteiger charge is -2.38. The van der Waals surface area contributed by atoms with Crippen LogP contribution in [0, 0.1) is 6.92 Å². The molecule has 0 bridgehead atoms. The highest BCUT2D eigenvalue weighted by Gasteiger charge is 2.36. The first-order chi connectivity index (χ1) is 12.9. The molecule has 7 heteroatoms.